The largest absolute Gasteiger partial charge is 0.439 e. The molecule has 10 heteroatoms. The van der Waals surface area contributed by atoms with Crippen LogP contribution in [0.2, 0.25) is 0 Å². The number of carbonyl (C=O) groups excluding carboxylic acids is 1. The molecule has 0 aliphatic rings. The highest BCUT2D eigenvalue weighted by Crippen LogP contribution is 2.23. The lowest BCUT2D eigenvalue weighted by Crippen LogP contribution is -2.23. The van der Waals surface area contributed by atoms with Gasteiger partial charge < -0.3 is 15.6 Å². The van der Waals surface area contributed by atoms with E-state index in [2.05, 4.69) is 30.3 Å². The molecule has 0 aliphatic carbocycles. The monoisotopic (exact) mass is 395 g/mol. The second-order valence-electron chi connectivity index (χ2n) is 6.15. The summed E-state index contributed by atoms with van der Waals surface area (Å²) in [5, 5.41) is 9.36. The first-order chi connectivity index (χ1) is 13.9. The Morgan fingerprint density at radius 1 is 1.10 bits per heavy atom. The molecule has 0 radical (unpaired) electrons. The van der Waals surface area contributed by atoms with Crippen molar-refractivity contribution in [2.45, 2.75) is 0 Å². The maximum Gasteiger partial charge on any atom is 0.439 e. The van der Waals surface area contributed by atoms with E-state index in [1.54, 1.807) is 31.3 Å². The van der Waals surface area contributed by atoms with E-state index in [9.17, 15) is 18.8 Å². The van der Waals surface area contributed by atoms with Crippen LogP contribution in [0.3, 0.4) is 0 Å². The number of amides is 1. The van der Waals surface area contributed by atoms with Gasteiger partial charge in [0.05, 0.1) is 11.2 Å². The molecule has 4 rings (SSSR count). The Balaban J connectivity index is 1.63. The molecule has 2 heterocycles. The van der Waals surface area contributed by atoms with E-state index < -0.39 is 23.0 Å². The van der Waals surface area contributed by atoms with Crippen LogP contribution >= 0.6 is 0 Å². The molecule has 0 atom stereocenters. The summed E-state index contributed by atoms with van der Waals surface area (Å²) in [6.07, 6.45) is 0. The first-order valence-electron chi connectivity index (χ1n) is 8.47. The summed E-state index contributed by atoms with van der Waals surface area (Å²) in [5.74, 6) is -1.57. The van der Waals surface area contributed by atoms with Crippen molar-refractivity contribution in [1.29, 1.82) is 0 Å². The quantitative estimate of drug-likeness (QED) is 0.419. The third-order valence-corrected chi connectivity index (χ3v) is 4.29. The molecule has 2 aromatic carbocycles. The molecule has 0 saturated carbocycles. The molecular weight excluding hydrogens is 381 g/mol. The van der Waals surface area contributed by atoms with Crippen molar-refractivity contribution in [2.24, 2.45) is 0 Å². The Morgan fingerprint density at radius 2 is 1.86 bits per heavy atom. The standard InChI is InChI=1S/C19H14FN5O4/c1-21-14-8-11(20)6-10-7-13(18(27)23-15(10)14)17(26)22-12-4-2-9(3-5-12)16-24-19(28)29-25-16/h2-8,21H,1H3,(H,22,26)(H,23,27)(H,24,25,28). The van der Waals surface area contributed by atoms with Crippen LogP contribution in [0.1, 0.15) is 10.4 Å². The summed E-state index contributed by atoms with van der Waals surface area (Å²) in [6.45, 7) is 0. The summed E-state index contributed by atoms with van der Waals surface area (Å²) in [7, 11) is 1.60. The molecule has 1 amide bonds. The molecule has 29 heavy (non-hydrogen) atoms. The number of benzene rings is 2. The number of carbonyl (C=O) groups is 1. The molecule has 0 spiro atoms. The summed E-state index contributed by atoms with van der Waals surface area (Å²) in [5.41, 5.74) is 1.05. The van der Waals surface area contributed by atoms with Crippen LogP contribution < -0.4 is 21.9 Å². The van der Waals surface area contributed by atoms with Gasteiger partial charge in [-0.25, -0.2) is 9.18 Å². The van der Waals surface area contributed by atoms with Crippen molar-refractivity contribution in [3.8, 4) is 11.4 Å². The van der Waals surface area contributed by atoms with E-state index in [0.717, 1.165) is 0 Å². The van der Waals surface area contributed by atoms with Gasteiger partial charge in [0.15, 0.2) is 5.82 Å². The second-order valence-corrected chi connectivity index (χ2v) is 6.15. The number of fused-ring (bicyclic) bond motifs is 1. The maximum absolute atomic E-state index is 13.8. The zero-order valence-corrected chi connectivity index (χ0v) is 15.0. The van der Waals surface area contributed by atoms with E-state index in [-0.39, 0.29) is 11.4 Å². The summed E-state index contributed by atoms with van der Waals surface area (Å²) in [6, 6.07) is 10.2. The fraction of sp³-hybridized carbons (Fsp3) is 0.0526. The van der Waals surface area contributed by atoms with E-state index >= 15 is 0 Å². The van der Waals surface area contributed by atoms with Crippen LogP contribution in [0.25, 0.3) is 22.3 Å². The zero-order chi connectivity index (χ0) is 20.5. The SMILES string of the molecule is CNc1cc(F)cc2cc(C(=O)Nc3ccc(-c4noc(=O)[nH]4)cc3)c(=O)[nH]c12. The number of pyridine rings is 1. The minimum atomic E-state index is -0.675. The summed E-state index contributed by atoms with van der Waals surface area (Å²) in [4.78, 5) is 41.0. The minimum Gasteiger partial charge on any atom is -0.386 e. The Labute approximate surface area is 161 Å². The normalized spacial score (nSPS) is 10.8. The fourth-order valence-electron chi connectivity index (χ4n) is 2.91. The lowest BCUT2D eigenvalue weighted by Gasteiger charge is -2.09. The van der Waals surface area contributed by atoms with Crippen LogP contribution in [-0.2, 0) is 0 Å². The van der Waals surface area contributed by atoms with E-state index in [4.69, 9.17) is 0 Å². The average molecular weight is 395 g/mol. The Kier molecular flexibility index (Phi) is 4.43. The molecule has 0 aliphatic heterocycles. The second kappa shape index (κ2) is 7.08. The molecule has 0 bridgehead atoms. The fourth-order valence-corrected chi connectivity index (χ4v) is 2.91. The van der Waals surface area contributed by atoms with Crippen LogP contribution in [0, 0.1) is 5.82 Å². The van der Waals surface area contributed by atoms with Crippen molar-refractivity contribution in [3.05, 3.63) is 74.7 Å². The van der Waals surface area contributed by atoms with Crippen molar-refractivity contribution < 1.29 is 13.7 Å². The molecule has 4 aromatic rings. The predicted octanol–water partition coefficient (Wildman–Crippen LogP) is 2.30. The zero-order valence-electron chi connectivity index (χ0n) is 15.0. The molecule has 0 fully saturated rings. The van der Waals surface area contributed by atoms with Gasteiger partial charge in [0.1, 0.15) is 11.4 Å². The molecular formula is C19H14FN5O4. The third kappa shape index (κ3) is 3.50. The van der Waals surface area contributed by atoms with Crippen LogP contribution in [0.5, 0.6) is 0 Å². The molecule has 2 aromatic heterocycles. The number of halogens is 1. The molecule has 146 valence electrons. The van der Waals surface area contributed by atoms with Crippen LogP contribution in [-0.4, -0.2) is 28.1 Å². The van der Waals surface area contributed by atoms with Gasteiger partial charge in [0, 0.05) is 23.7 Å². The highest BCUT2D eigenvalue weighted by atomic mass is 19.1. The van der Waals surface area contributed by atoms with Crippen molar-refractivity contribution in [1.82, 2.24) is 15.1 Å². The number of hydrogen-bond donors (Lipinski definition) is 4. The number of nitrogens with one attached hydrogen (secondary N) is 4. The van der Waals surface area contributed by atoms with Crippen molar-refractivity contribution in [3.63, 3.8) is 0 Å². The van der Waals surface area contributed by atoms with Gasteiger partial charge in [-0.2, -0.15) is 0 Å². The number of aromatic nitrogens is 3. The maximum atomic E-state index is 13.8. The Hall–Kier alpha value is -4.21. The molecule has 0 saturated heterocycles. The number of nitrogens with zero attached hydrogens (tertiary/aromatic N) is 1. The van der Waals surface area contributed by atoms with Gasteiger partial charge in [0.25, 0.3) is 11.5 Å². The van der Waals surface area contributed by atoms with E-state index in [1.165, 1.54) is 18.2 Å². The lowest BCUT2D eigenvalue weighted by molar-refractivity contribution is 0.102. The number of aromatic amines is 2. The van der Waals surface area contributed by atoms with Crippen molar-refractivity contribution >= 4 is 28.2 Å². The predicted molar refractivity (Wildman–Crippen MR) is 105 cm³/mol. The van der Waals surface area contributed by atoms with Gasteiger partial charge in [0.2, 0.25) is 0 Å². The Morgan fingerprint density at radius 3 is 2.52 bits per heavy atom. The number of anilines is 2. The topological polar surface area (TPSA) is 133 Å². The van der Waals surface area contributed by atoms with Gasteiger partial charge in [-0.05, 0) is 42.5 Å². The van der Waals surface area contributed by atoms with Crippen LogP contribution in [0.15, 0.2) is 56.6 Å². The van der Waals surface area contributed by atoms with E-state index in [1.807, 2.05) is 0 Å². The number of H-pyrrole nitrogens is 2. The molecule has 4 N–H and O–H groups in total. The smallest absolute Gasteiger partial charge is 0.386 e. The third-order valence-electron chi connectivity index (χ3n) is 4.29. The number of hydrogen-bond acceptors (Lipinski definition) is 6. The number of rotatable bonds is 4. The molecule has 0 unspecified atom stereocenters. The van der Waals surface area contributed by atoms with Gasteiger partial charge in [-0.15, -0.1) is 0 Å². The average Bonchev–Trinajstić information content (AvgIpc) is 3.14. The van der Waals surface area contributed by atoms with Gasteiger partial charge in [-0.1, -0.05) is 5.16 Å². The highest BCUT2D eigenvalue weighted by Gasteiger charge is 2.15. The Bertz CT molecular complexity index is 1340. The van der Waals surface area contributed by atoms with Gasteiger partial charge >= 0.3 is 5.76 Å². The summed E-state index contributed by atoms with van der Waals surface area (Å²) < 4.78 is 18.2. The van der Waals surface area contributed by atoms with Crippen molar-refractivity contribution in [2.75, 3.05) is 17.7 Å². The van der Waals surface area contributed by atoms with E-state index in [0.29, 0.717) is 27.8 Å². The highest BCUT2D eigenvalue weighted by molar-refractivity contribution is 6.06. The van der Waals surface area contributed by atoms with Crippen LogP contribution in [0.4, 0.5) is 15.8 Å². The minimum absolute atomic E-state index is 0.157. The first kappa shape index (κ1) is 18.2. The molecule has 9 nitrogen and oxygen atoms in total. The summed E-state index contributed by atoms with van der Waals surface area (Å²) >= 11 is 0. The first-order valence-corrected chi connectivity index (χ1v) is 8.47. The lowest BCUT2D eigenvalue weighted by atomic mass is 10.1. The van der Waals surface area contributed by atoms with Gasteiger partial charge in [-0.3, -0.25) is 19.1 Å².